The predicted octanol–water partition coefficient (Wildman–Crippen LogP) is 3.05. The molecule has 0 bridgehead atoms. The van der Waals surface area contributed by atoms with E-state index in [4.69, 9.17) is 5.11 Å². The Morgan fingerprint density at radius 3 is 2.55 bits per heavy atom. The maximum absolute atomic E-state index is 11.9. The fourth-order valence-electron chi connectivity index (χ4n) is 1.57. The van der Waals surface area contributed by atoms with Crippen LogP contribution in [0.2, 0.25) is 0 Å². The van der Waals surface area contributed by atoms with Crippen molar-refractivity contribution >= 4 is 17.3 Å². The molecule has 6 nitrogen and oxygen atoms in total. The Bertz CT molecular complexity index is 517. The number of rotatable bonds is 6. The van der Waals surface area contributed by atoms with Gasteiger partial charge >= 0.3 is 17.8 Å². The number of hydrogen-bond acceptors (Lipinski definition) is 4. The van der Waals surface area contributed by atoms with Crippen LogP contribution in [-0.2, 0) is 0 Å². The van der Waals surface area contributed by atoms with Crippen LogP contribution in [0.25, 0.3) is 0 Å². The average Bonchev–Trinajstić information content (AvgIpc) is 2.32. The molecule has 0 unspecified atom stereocenters. The second kappa shape index (κ2) is 6.22. The summed E-state index contributed by atoms with van der Waals surface area (Å²) in [5, 5.41) is 22.2. The van der Waals surface area contributed by atoms with Crippen molar-refractivity contribution < 1.29 is 28.0 Å². The highest BCUT2D eigenvalue weighted by molar-refractivity contribution is 5.95. The maximum Gasteiger partial charge on any atom is 0.389 e. The summed E-state index contributed by atoms with van der Waals surface area (Å²) in [7, 11) is 0. The lowest BCUT2D eigenvalue weighted by atomic mass is 10.1. The number of nitrogens with one attached hydrogen (secondary N) is 1. The molecule has 0 saturated carbocycles. The van der Waals surface area contributed by atoms with Crippen molar-refractivity contribution in [3.63, 3.8) is 0 Å². The zero-order valence-corrected chi connectivity index (χ0v) is 10.1. The Morgan fingerprint density at radius 2 is 2.05 bits per heavy atom. The number of carboxylic acid groups (broad SMARTS) is 1. The van der Waals surface area contributed by atoms with E-state index in [1.54, 1.807) is 0 Å². The molecule has 1 aromatic carbocycles. The Hall–Kier alpha value is -2.32. The maximum atomic E-state index is 11.9. The van der Waals surface area contributed by atoms with Gasteiger partial charge in [-0.25, -0.2) is 4.79 Å². The number of anilines is 1. The first-order chi connectivity index (χ1) is 9.22. The third kappa shape index (κ3) is 4.41. The lowest BCUT2D eigenvalue weighted by molar-refractivity contribution is -0.384. The number of nitrogens with zero attached hydrogens (tertiary/aromatic N) is 1. The first kappa shape index (κ1) is 15.7. The molecule has 0 aliphatic rings. The van der Waals surface area contributed by atoms with Crippen molar-refractivity contribution in [1.29, 1.82) is 0 Å². The van der Waals surface area contributed by atoms with Gasteiger partial charge in [-0.15, -0.1) is 0 Å². The molecule has 0 atom stereocenters. The number of benzene rings is 1. The van der Waals surface area contributed by atoms with E-state index in [1.165, 1.54) is 12.1 Å². The topological polar surface area (TPSA) is 92.5 Å². The van der Waals surface area contributed by atoms with Gasteiger partial charge in [-0.05, 0) is 18.6 Å². The molecule has 110 valence electrons. The Balaban J connectivity index is 2.82. The molecule has 0 spiro atoms. The standard InChI is InChI=1S/C11H11F3N2O4/c12-11(13,14)5-2-6-15-8-4-1-3-7(10(17)18)9(8)16(19)20/h1,3-4,15H,2,5-6H2,(H,17,18). The third-order valence-electron chi connectivity index (χ3n) is 2.40. The monoisotopic (exact) mass is 292 g/mol. The van der Waals surface area contributed by atoms with Gasteiger partial charge in [0.1, 0.15) is 11.3 Å². The molecule has 2 N–H and O–H groups in total. The summed E-state index contributed by atoms with van der Waals surface area (Å²) in [5.74, 6) is -1.48. The van der Waals surface area contributed by atoms with Crippen LogP contribution in [0.4, 0.5) is 24.5 Å². The molecular weight excluding hydrogens is 281 g/mol. The van der Waals surface area contributed by atoms with Crippen molar-refractivity contribution in [3.05, 3.63) is 33.9 Å². The number of nitro groups is 1. The van der Waals surface area contributed by atoms with Gasteiger partial charge in [0, 0.05) is 13.0 Å². The number of carbonyl (C=O) groups is 1. The summed E-state index contributed by atoms with van der Waals surface area (Å²) in [6.45, 7) is -0.149. The second-order valence-electron chi connectivity index (χ2n) is 3.91. The van der Waals surface area contributed by atoms with Crippen LogP contribution in [0.3, 0.4) is 0 Å². The minimum Gasteiger partial charge on any atom is -0.477 e. The lowest BCUT2D eigenvalue weighted by Gasteiger charge is -2.09. The molecule has 0 radical (unpaired) electrons. The van der Waals surface area contributed by atoms with Crippen molar-refractivity contribution in [2.45, 2.75) is 19.0 Å². The molecule has 0 saturated heterocycles. The highest BCUT2D eigenvalue weighted by atomic mass is 19.4. The highest BCUT2D eigenvalue weighted by Gasteiger charge is 2.27. The fraction of sp³-hybridized carbons (Fsp3) is 0.364. The number of nitro benzene ring substituents is 1. The van der Waals surface area contributed by atoms with E-state index >= 15 is 0 Å². The summed E-state index contributed by atoms with van der Waals surface area (Å²) < 4.78 is 35.8. The van der Waals surface area contributed by atoms with Crippen LogP contribution in [-0.4, -0.2) is 28.7 Å². The summed E-state index contributed by atoms with van der Waals surface area (Å²) >= 11 is 0. The van der Waals surface area contributed by atoms with Gasteiger partial charge < -0.3 is 10.4 Å². The second-order valence-corrected chi connectivity index (χ2v) is 3.91. The Morgan fingerprint density at radius 1 is 1.40 bits per heavy atom. The number of para-hydroxylation sites is 1. The highest BCUT2D eigenvalue weighted by Crippen LogP contribution is 2.29. The smallest absolute Gasteiger partial charge is 0.389 e. The van der Waals surface area contributed by atoms with E-state index in [9.17, 15) is 28.1 Å². The Labute approximate surface area is 111 Å². The molecule has 0 heterocycles. The molecule has 0 aromatic heterocycles. The van der Waals surface area contributed by atoms with Crippen molar-refractivity contribution in [2.24, 2.45) is 0 Å². The zero-order chi connectivity index (χ0) is 15.3. The van der Waals surface area contributed by atoms with E-state index in [-0.39, 0.29) is 18.7 Å². The zero-order valence-electron chi connectivity index (χ0n) is 10.1. The quantitative estimate of drug-likeness (QED) is 0.477. The third-order valence-corrected chi connectivity index (χ3v) is 2.40. The molecule has 1 aromatic rings. The van der Waals surface area contributed by atoms with Crippen molar-refractivity contribution in [1.82, 2.24) is 0 Å². The lowest BCUT2D eigenvalue weighted by Crippen LogP contribution is -2.12. The minimum absolute atomic E-state index is 0.114. The SMILES string of the molecule is O=C(O)c1cccc(NCCCC(F)(F)F)c1[N+](=O)[O-]. The number of aromatic carboxylic acids is 1. The van der Waals surface area contributed by atoms with Gasteiger partial charge in [0.25, 0.3) is 0 Å². The molecule has 1 rings (SSSR count). The average molecular weight is 292 g/mol. The molecular formula is C11H11F3N2O4. The van der Waals surface area contributed by atoms with Crippen LogP contribution in [0.1, 0.15) is 23.2 Å². The molecule has 0 amide bonds. The van der Waals surface area contributed by atoms with Gasteiger partial charge in [-0.3, -0.25) is 10.1 Å². The number of hydrogen-bond donors (Lipinski definition) is 2. The fourth-order valence-corrected chi connectivity index (χ4v) is 1.57. The first-order valence-electron chi connectivity index (χ1n) is 5.53. The van der Waals surface area contributed by atoms with Gasteiger partial charge in [0.2, 0.25) is 0 Å². The van der Waals surface area contributed by atoms with E-state index in [0.29, 0.717) is 0 Å². The van der Waals surface area contributed by atoms with Gasteiger partial charge in [0.15, 0.2) is 0 Å². The largest absolute Gasteiger partial charge is 0.477 e. The van der Waals surface area contributed by atoms with Crippen LogP contribution < -0.4 is 5.32 Å². The van der Waals surface area contributed by atoms with E-state index in [0.717, 1.165) is 6.07 Å². The summed E-state index contributed by atoms with van der Waals surface area (Å²) in [6.07, 6.45) is -5.58. The van der Waals surface area contributed by atoms with Crippen LogP contribution in [0, 0.1) is 10.1 Å². The Kier molecular flexibility index (Phi) is 4.89. The summed E-state index contributed by atoms with van der Waals surface area (Å²) in [5.41, 5.74) is -1.29. The van der Waals surface area contributed by atoms with Gasteiger partial charge in [0.05, 0.1) is 4.92 Å². The number of carboxylic acids is 1. The van der Waals surface area contributed by atoms with Gasteiger partial charge in [-0.1, -0.05) is 6.07 Å². The van der Waals surface area contributed by atoms with Gasteiger partial charge in [-0.2, -0.15) is 13.2 Å². The van der Waals surface area contributed by atoms with Crippen LogP contribution in [0.5, 0.6) is 0 Å². The predicted molar refractivity (Wildman–Crippen MR) is 63.8 cm³/mol. The van der Waals surface area contributed by atoms with Crippen LogP contribution in [0.15, 0.2) is 18.2 Å². The normalized spacial score (nSPS) is 11.2. The molecule has 0 fully saturated rings. The van der Waals surface area contributed by atoms with E-state index < -0.39 is 34.7 Å². The molecule has 20 heavy (non-hydrogen) atoms. The molecule has 0 aliphatic carbocycles. The number of halogens is 3. The van der Waals surface area contributed by atoms with E-state index in [1.807, 2.05) is 0 Å². The summed E-state index contributed by atoms with van der Waals surface area (Å²) in [6, 6.07) is 3.59. The van der Waals surface area contributed by atoms with Crippen LogP contribution >= 0.6 is 0 Å². The summed E-state index contributed by atoms with van der Waals surface area (Å²) in [4.78, 5) is 20.8. The van der Waals surface area contributed by atoms with E-state index in [2.05, 4.69) is 5.32 Å². The first-order valence-corrected chi connectivity index (χ1v) is 5.53. The molecule has 0 aliphatic heterocycles. The minimum atomic E-state index is -4.30. The molecule has 9 heteroatoms. The van der Waals surface area contributed by atoms with Crippen molar-refractivity contribution in [2.75, 3.05) is 11.9 Å². The van der Waals surface area contributed by atoms with Crippen molar-refractivity contribution in [3.8, 4) is 0 Å². The number of alkyl halides is 3.